The second-order valence-electron chi connectivity index (χ2n) is 10.3. The van der Waals surface area contributed by atoms with Crippen LogP contribution in [0.4, 0.5) is 0 Å². The van der Waals surface area contributed by atoms with Crippen LogP contribution in [0.1, 0.15) is 88.5 Å². The molecule has 0 rings (SSSR count). The van der Waals surface area contributed by atoms with Crippen molar-refractivity contribution >= 4 is 5.91 Å². The number of ether oxygens (including phenoxy) is 2. The molecule has 0 aromatic carbocycles. The third kappa shape index (κ3) is 11.3. The van der Waals surface area contributed by atoms with Gasteiger partial charge in [-0.15, -0.1) is 0 Å². The molecule has 0 aromatic rings. The Labute approximate surface area is 167 Å². The van der Waals surface area contributed by atoms with Gasteiger partial charge in [-0.3, -0.25) is 4.79 Å². The number of nitrogens with zero attached hydrogens (tertiary/aromatic N) is 1. The highest BCUT2D eigenvalue weighted by Crippen LogP contribution is 2.31. The second-order valence-corrected chi connectivity index (χ2v) is 10.3. The summed E-state index contributed by atoms with van der Waals surface area (Å²) in [5, 5.41) is 12.3. The van der Waals surface area contributed by atoms with Gasteiger partial charge in [0, 0.05) is 13.0 Å². The molecule has 0 bridgehead atoms. The molecule has 1 atom stereocenters. The van der Waals surface area contributed by atoms with E-state index in [4.69, 9.17) is 9.47 Å². The predicted molar refractivity (Wildman–Crippen MR) is 110 cm³/mol. The average molecular weight is 383 g/mol. The highest BCUT2D eigenvalue weighted by Gasteiger charge is 2.30. The zero-order chi connectivity index (χ0) is 21.5. The first-order valence-electron chi connectivity index (χ1n) is 10.0. The van der Waals surface area contributed by atoms with Crippen LogP contribution in [-0.4, -0.2) is 35.9 Å². The number of nitriles is 1. The number of carbonyl (C=O) groups is 1. The van der Waals surface area contributed by atoms with Crippen molar-refractivity contribution in [1.82, 2.24) is 5.32 Å². The largest absolute Gasteiger partial charge is 0.373 e. The molecule has 1 amide bonds. The summed E-state index contributed by atoms with van der Waals surface area (Å²) in [6.45, 7) is 21.2. The Morgan fingerprint density at radius 2 is 1.56 bits per heavy atom. The van der Waals surface area contributed by atoms with Crippen LogP contribution in [0.25, 0.3) is 0 Å². The number of rotatable bonds is 11. The molecule has 27 heavy (non-hydrogen) atoms. The quantitative estimate of drug-likeness (QED) is 0.554. The van der Waals surface area contributed by atoms with Crippen molar-refractivity contribution in [1.29, 1.82) is 5.26 Å². The summed E-state index contributed by atoms with van der Waals surface area (Å²) < 4.78 is 12.1. The maximum Gasteiger partial charge on any atom is 0.220 e. The molecule has 0 aromatic heterocycles. The fourth-order valence-corrected chi connectivity index (χ4v) is 2.74. The minimum atomic E-state index is -0.460. The first-order chi connectivity index (χ1) is 12.0. The Kier molecular flexibility index (Phi) is 9.48. The lowest BCUT2D eigenvalue weighted by molar-refractivity contribution is -0.167. The van der Waals surface area contributed by atoms with Crippen LogP contribution in [0.2, 0.25) is 0 Å². The number of amides is 1. The first kappa shape index (κ1) is 25.9. The van der Waals surface area contributed by atoms with E-state index in [-0.39, 0.29) is 28.6 Å². The lowest BCUT2D eigenvalue weighted by atomic mass is 9.77. The molecule has 0 aliphatic heterocycles. The zero-order valence-corrected chi connectivity index (χ0v) is 19.3. The maximum absolute atomic E-state index is 12.1. The van der Waals surface area contributed by atoms with Crippen molar-refractivity contribution in [2.75, 3.05) is 13.2 Å². The van der Waals surface area contributed by atoms with E-state index in [9.17, 15) is 10.1 Å². The van der Waals surface area contributed by atoms with Crippen molar-refractivity contribution in [3.63, 3.8) is 0 Å². The van der Waals surface area contributed by atoms with Crippen LogP contribution in [0.3, 0.4) is 0 Å². The normalized spacial score (nSPS) is 15.3. The van der Waals surface area contributed by atoms with E-state index in [2.05, 4.69) is 11.4 Å². The fraction of sp³-hybridized carbons (Fsp3) is 0.909. The van der Waals surface area contributed by atoms with Crippen molar-refractivity contribution in [2.45, 2.75) is 105 Å². The van der Waals surface area contributed by atoms with Gasteiger partial charge in [0.1, 0.15) is 0 Å². The monoisotopic (exact) mass is 382 g/mol. The number of nitrogens with one attached hydrogen (secondary N) is 1. The molecule has 5 nitrogen and oxygen atoms in total. The van der Waals surface area contributed by atoms with Gasteiger partial charge in [-0.05, 0) is 74.1 Å². The summed E-state index contributed by atoms with van der Waals surface area (Å²) in [6.07, 6.45) is 1.66. The van der Waals surface area contributed by atoms with Crippen LogP contribution in [0, 0.1) is 22.7 Å². The molecule has 0 spiro atoms. The first-order valence-corrected chi connectivity index (χ1v) is 10.0. The summed E-state index contributed by atoms with van der Waals surface area (Å²) in [4.78, 5) is 12.1. The van der Waals surface area contributed by atoms with Crippen LogP contribution in [0.5, 0.6) is 0 Å². The molecule has 1 N–H and O–H groups in total. The van der Waals surface area contributed by atoms with E-state index in [0.717, 1.165) is 0 Å². The van der Waals surface area contributed by atoms with Crippen molar-refractivity contribution in [3.05, 3.63) is 0 Å². The molecule has 0 fully saturated rings. The van der Waals surface area contributed by atoms with E-state index in [1.54, 1.807) is 0 Å². The Bertz CT molecular complexity index is 513. The molecule has 0 heterocycles. The molecule has 0 radical (unpaired) electrons. The molecule has 0 saturated carbocycles. The molecule has 1 unspecified atom stereocenters. The smallest absolute Gasteiger partial charge is 0.220 e. The van der Waals surface area contributed by atoms with Gasteiger partial charge in [0.05, 0.1) is 34.9 Å². The van der Waals surface area contributed by atoms with Gasteiger partial charge in [0.25, 0.3) is 0 Å². The topological polar surface area (TPSA) is 71.4 Å². The molecule has 0 aliphatic rings. The van der Waals surface area contributed by atoms with Gasteiger partial charge < -0.3 is 14.8 Å². The van der Waals surface area contributed by atoms with Gasteiger partial charge in [0.2, 0.25) is 5.91 Å². The molecule has 158 valence electrons. The highest BCUT2D eigenvalue weighted by molar-refractivity contribution is 5.75. The minimum Gasteiger partial charge on any atom is -0.373 e. The third-order valence-electron chi connectivity index (χ3n) is 4.84. The summed E-state index contributed by atoms with van der Waals surface area (Å²) in [7, 11) is 0. The molecule has 5 heteroatoms. The fourth-order valence-electron chi connectivity index (χ4n) is 2.74. The molecular weight excluding hydrogens is 340 g/mol. The van der Waals surface area contributed by atoms with E-state index in [1.807, 2.05) is 69.2 Å². The summed E-state index contributed by atoms with van der Waals surface area (Å²) in [5.74, 6) is 0.214. The Hall–Kier alpha value is -1.12. The summed E-state index contributed by atoms with van der Waals surface area (Å²) >= 11 is 0. The van der Waals surface area contributed by atoms with E-state index in [1.165, 1.54) is 0 Å². The van der Waals surface area contributed by atoms with Crippen LogP contribution in [0.15, 0.2) is 0 Å². The van der Waals surface area contributed by atoms with Crippen molar-refractivity contribution < 1.29 is 14.3 Å². The van der Waals surface area contributed by atoms with Crippen molar-refractivity contribution in [2.24, 2.45) is 11.3 Å². The highest BCUT2D eigenvalue weighted by atomic mass is 16.6. The summed E-state index contributed by atoms with van der Waals surface area (Å²) in [6, 6.07) is 2.35. The van der Waals surface area contributed by atoms with Gasteiger partial charge in [-0.25, -0.2) is 0 Å². The Morgan fingerprint density at radius 1 is 1.00 bits per heavy atom. The van der Waals surface area contributed by atoms with Crippen molar-refractivity contribution in [3.8, 4) is 6.07 Å². The number of carbonyl (C=O) groups excluding carboxylic acids is 1. The summed E-state index contributed by atoms with van der Waals surface area (Å²) in [5.41, 5.74) is -1.42. The van der Waals surface area contributed by atoms with E-state index in [0.29, 0.717) is 32.4 Å². The van der Waals surface area contributed by atoms with Crippen LogP contribution >= 0.6 is 0 Å². The zero-order valence-electron chi connectivity index (χ0n) is 19.3. The van der Waals surface area contributed by atoms with Gasteiger partial charge in [0.15, 0.2) is 0 Å². The molecular formula is C22H42N2O3. The van der Waals surface area contributed by atoms with Crippen LogP contribution < -0.4 is 5.32 Å². The number of hydrogen-bond donors (Lipinski definition) is 1. The lowest BCUT2D eigenvalue weighted by Crippen LogP contribution is -2.42. The maximum atomic E-state index is 12.1. The Morgan fingerprint density at radius 3 is 2.00 bits per heavy atom. The van der Waals surface area contributed by atoms with E-state index < -0.39 is 5.41 Å². The second kappa shape index (κ2) is 9.89. The van der Waals surface area contributed by atoms with Gasteiger partial charge in [-0.2, -0.15) is 5.26 Å². The Balaban J connectivity index is 4.32. The molecule has 0 aliphatic carbocycles. The third-order valence-corrected chi connectivity index (χ3v) is 4.84. The van der Waals surface area contributed by atoms with Gasteiger partial charge >= 0.3 is 0 Å². The minimum absolute atomic E-state index is 0.00989. The molecule has 0 saturated heterocycles. The number of hydrogen-bond acceptors (Lipinski definition) is 4. The van der Waals surface area contributed by atoms with Crippen LogP contribution in [-0.2, 0) is 14.3 Å². The predicted octanol–water partition coefficient (Wildman–Crippen LogP) is 4.85. The lowest BCUT2D eigenvalue weighted by Gasteiger charge is -2.36. The average Bonchev–Trinajstić information content (AvgIpc) is 2.48. The standard InChI is InChI=1S/C22H42N2O3/c1-17(2)22(10,15-23)12-11-18(25)24-14-13-20(6,7)26-16-21(8,9)27-19(3,4)5/h17H,11-14,16H2,1-10H3,(H,24,25). The van der Waals surface area contributed by atoms with E-state index >= 15 is 0 Å². The SMILES string of the molecule is CC(C)C(C)(C#N)CCC(=O)NCCC(C)(C)OCC(C)(C)OC(C)(C)C. The van der Waals surface area contributed by atoms with Gasteiger partial charge in [-0.1, -0.05) is 13.8 Å².